The summed E-state index contributed by atoms with van der Waals surface area (Å²) in [4.78, 5) is 13.4. The van der Waals surface area contributed by atoms with Crippen molar-refractivity contribution in [2.24, 2.45) is 0 Å². The summed E-state index contributed by atoms with van der Waals surface area (Å²) in [6.45, 7) is 1.93. The van der Waals surface area contributed by atoms with Crippen molar-refractivity contribution >= 4 is 22.9 Å². The molecule has 0 saturated carbocycles. The summed E-state index contributed by atoms with van der Waals surface area (Å²) >= 11 is 1.41. The molecule has 0 unspecified atom stereocenters. The van der Waals surface area contributed by atoms with Crippen molar-refractivity contribution in [2.75, 3.05) is 5.32 Å². The second kappa shape index (κ2) is 4.45. The van der Waals surface area contributed by atoms with Gasteiger partial charge in [0.15, 0.2) is 0 Å². The molecule has 0 fully saturated rings. The zero-order valence-corrected chi connectivity index (χ0v) is 9.48. The quantitative estimate of drug-likeness (QED) is 0.848. The molecule has 0 atom stereocenters. The lowest BCUT2D eigenvalue weighted by atomic mass is 10.3. The highest BCUT2D eigenvalue weighted by molar-refractivity contribution is 7.14. The summed E-state index contributed by atoms with van der Waals surface area (Å²) < 4.78 is 12.9. The van der Waals surface area contributed by atoms with E-state index in [0.717, 1.165) is 4.88 Å². The fraction of sp³-hybridized carbons (Fsp3) is 0.0833. The maximum absolute atomic E-state index is 12.9. The maximum Gasteiger partial charge on any atom is 0.265 e. The second-order valence-electron chi connectivity index (χ2n) is 3.37. The molecule has 0 aliphatic heterocycles. The number of thiophene rings is 1. The predicted molar refractivity (Wildman–Crippen MR) is 63.4 cm³/mol. The van der Waals surface area contributed by atoms with Crippen LogP contribution in [0.25, 0.3) is 0 Å². The first kappa shape index (κ1) is 10.8. The van der Waals surface area contributed by atoms with E-state index in [1.807, 2.05) is 13.0 Å². The van der Waals surface area contributed by atoms with Crippen molar-refractivity contribution in [1.29, 1.82) is 0 Å². The van der Waals surface area contributed by atoms with Gasteiger partial charge >= 0.3 is 0 Å². The monoisotopic (exact) mass is 235 g/mol. The van der Waals surface area contributed by atoms with E-state index in [-0.39, 0.29) is 11.7 Å². The van der Waals surface area contributed by atoms with Crippen molar-refractivity contribution in [3.63, 3.8) is 0 Å². The highest BCUT2D eigenvalue weighted by Gasteiger charge is 2.08. The van der Waals surface area contributed by atoms with E-state index in [2.05, 4.69) is 5.32 Å². The zero-order chi connectivity index (χ0) is 11.5. The summed E-state index contributed by atoms with van der Waals surface area (Å²) in [7, 11) is 0. The third-order valence-electron chi connectivity index (χ3n) is 2.05. The lowest BCUT2D eigenvalue weighted by Crippen LogP contribution is -2.09. The van der Waals surface area contributed by atoms with Crippen LogP contribution in [0.4, 0.5) is 10.1 Å². The Labute approximate surface area is 96.7 Å². The molecule has 1 amide bonds. The van der Waals surface area contributed by atoms with Gasteiger partial charge in [-0.15, -0.1) is 11.3 Å². The highest BCUT2D eigenvalue weighted by Crippen LogP contribution is 2.17. The average molecular weight is 235 g/mol. The molecule has 0 saturated heterocycles. The minimum absolute atomic E-state index is 0.205. The number of anilines is 1. The van der Waals surface area contributed by atoms with E-state index in [1.165, 1.54) is 23.5 Å². The molecule has 0 aliphatic rings. The van der Waals surface area contributed by atoms with Crippen LogP contribution in [0.3, 0.4) is 0 Å². The molecule has 0 spiro atoms. The van der Waals surface area contributed by atoms with E-state index in [4.69, 9.17) is 0 Å². The van der Waals surface area contributed by atoms with E-state index in [0.29, 0.717) is 10.6 Å². The van der Waals surface area contributed by atoms with Gasteiger partial charge < -0.3 is 5.32 Å². The number of nitrogens with one attached hydrogen (secondary N) is 1. The molecule has 1 aromatic carbocycles. The lowest BCUT2D eigenvalue weighted by Gasteiger charge is -2.02. The summed E-state index contributed by atoms with van der Waals surface area (Å²) in [6.07, 6.45) is 0. The molecule has 2 nitrogen and oxygen atoms in total. The Morgan fingerprint density at radius 2 is 2.12 bits per heavy atom. The maximum atomic E-state index is 12.9. The van der Waals surface area contributed by atoms with Crippen molar-refractivity contribution in [2.45, 2.75) is 6.92 Å². The first-order valence-corrected chi connectivity index (χ1v) is 5.60. The molecule has 2 aromatic rings. The Kier molecular flexibility index (Phi) is 3.01. The van der Waals surface area contributed by atoms with Gasteiger partial charge in [-0.05, 0) is 37.3 Å². The molecule has 0 bridgehead atoms. The van der Waals surface area contributed by atoms with Crippen molar-refractivity contribution in [3.8, 4) is 0 Å². The van der Waals surface area contributed by atoms with Crippen LogP contribution in [0, 0.1) is 12.7 Å². The number of carbonyl (C=O) groups excluding carboxylic acids is 1. The molecule has 1 aromatic heterocycles. The highest BCUT2D eigenvalue weighted by atomic mass is 32.1. The minimum Gasteiger partial charge on any atom is -0.321 e. The van der Waals surface area contributed by atoms with Gasteiger partial charge in [0.1, 0.15) is 5.82 Å². The number of benzene rings is 1. The summed E-state index contributed by atoms with van der Waals surface area (Å²) in [5.41, 5.74) is 0.469. The van der Waals surface area contributed by atoms with Gasteiger partial charge in [0.2, 0.25) is 0 Å². The lowest BCUT2D eigenvalue weighted by molar-refractivity contribution is 0.103. The Morgan fingerprint density at radius 1 is 1.31 bits per heavy atom. The largest absolute Gasteiger partial charge is 0.321 e. The molecular formula is C12H10FNOS. The molecule has 1 heterocycles. The Balaban J connectivity index is 2.13. The van der Waals surface area contributed by atoms with Crippen LogP contribution >= 0.6 is 11.3 Å². The van der Waals surface area contributed by atoms with Gasteiger partial charge in [0, 0.05) is 10.6 Å². The van der Waals surface area contributed by atoms with Crippen LogP contribution in [0.2, 0.25) is 0 Å². The Morgan fingerprint density at radius 3 is 2.75 bits per heavy atom. The number of halogens is 1. The fourth-order valence-corrected chi connectivity index (χ4v) is 2.08. The van der Waals surface area contributed by atoms with Crippen LogP contribution in [0.5, 0.6) is 0 Å². The van der Waals surface area contributed by atoms with Crippen LogP contribution < -0.4 is 5.32 Å². The summed E-state index contributed by atoms with van der Waals surface area (Å²) in [5, 5.41) is 2.64. The molecule has 1 N–H and O–H groups in total. The molecule has 16 heavy (non-hydrogen) atoms. The smallest absolute Gasteiger partial charge is 0.265 e. The van der Waals surface area contributed by atoms with Gasteiger partial charge in [0.25, 0.3) is 5.91 Å². The van der Waals surface area contributed by atoms with Gasteiger partial charge in [-0.2, -0.15) is 0 Å². The summed E-state index contributed by atoms with van der Waals surface area (Å²) in [5.74, 6) is -0.566. The molecular weight excluding hydrogens is 225 g/mol. The normalized spacial score (nSPS) is 10.1. The standard InChI is InChI=1S/C12H10FNOS/c1-8-5-6-11(16-8)12(15)14-10-4-2-3-9(13)7-10/h2-7H,1H3,(H,14,15). The zero-order valence-electron chi connectivity index (χ0n) is 8.66. The molecule has 2 rings (SSSR count). The third-order valence-corrected chi connectivity index (χ3v) is 3.05. The SMILES string of the molecule is Cc1ccc(C(=O)Nc2cccc(F)c2)s1. The summed E-state index contributed by atoms with van der Waals surface area (Å²) in [6, 6.07) is 9.48. The molecule has 4 heteroatoms. The number of hydrogen-bond donors (Lipinski definition) is 1. The average Bonchev–Trinajstić information content (AvgIpc) is 2.65. The van der Waals surface area contributed by atoms with E-state index < -0.39 is 0 Å². The molecule has 0 radical (unpaired) electrons. The molecule has 82 valence electrons. The first-order chi connectivity index (χ1) is 7.65. The number of carbonyl (C=O) groups is 1. The van der Waals surface area contributed by atoms with Gasteiger partial charge in [-0.25, -0.2) is 4.39 Å². The van der Waals surface area contributed by atoms with Crippen LogP contribution in [-0.2, 0) is 0 Å². The van der Waals surface area contributed by atoms with E-state index in [1.54, 1.807) is 18.2 Å². The van der Waals surface area contributed by atoms with Crippen molar-refractivity contribution < 1.29 is 9.18 Å². The molecule has 0 aliphatic carbocycles. The second-order valence-corrected chi connectivity index (χ2v) is 4.66. The minimum atomic E-state index is -0.361. The first-order valence-electron chi connectivity index (χ1n) is 4.78. The number of aryl methyl sites for hydroxylation is 1. The van der Waals surface area contributed by atoms with Gasteiger partial charge in [-0.1, -0.05) is 6.07 Å². The van der Waals surface area contributed by atoms with Crippen LogP contribution in [-0.4, -0.2) is 5.91 Å². The predicted octanol–water partition coefficient (Wildman–Crippen LogP) is 3.45. The van der Waals surface area contributed by atoms with Crippen molar-refractivity contribution in [1.82, 2.24) is 0 Å². The van der Waals surface area contributed by atoms with Crippen molar-refractivity contribution in [3.05, 3.63) is 52.0 Å². The van der Waals surface area contributed by atoms with Crippen LogP contribution in [0.1, 0.15) is 14.5 Å². The van der Waals surface area contributed by atoms with E-state index in [9.17, 15) is 9.18 Å². The number of amides is 1. The topological polar surface area (TPSA) is 29.1 Å². The fourth-order valence-electron chi connectivity index (χ4n) is 1.32. The van der Waals surface area contributed by atoms with Gasteiger partial charge in [-0.3, -0.25) is 4.79 Å². The third kappa shape index (κ3) is 2.46. The number of rotatable bonds is 2. The van der Waals surface area contributed by atoms with E-state index >= 15 is 0 Å². The Hall–Kier alpha value is -1.68. The van der Waals surface area contributed by atoms with Crippen LogP contribution in [0.15, 0.2) is 36.4 Å². The Bertz CT molecular complexity index is 521. The number of hydrogen-bond acceptors (Lipinski definition) is 2. The van der Waals surface area contributed by atoms with Gasteiger partial charge in [0.05, 0.1) is 4.88 Å².